The van der Waals surface area contributed by atoms with Crippen LogP contribution in [0.15, 0.2) is 54.6 Å². The van der Waals surface area contributed by atoms with Crippen LogP contribution in [0, 0.1) is 11.3 Å². The van der Waals surface area contributed by atoms with Gasteiger partial charge in [-0.15, -0.1) is 0 Å². The molecule has 0 bridgehead atoms. The van der Waals surface area contributed by atoms with Gasteiger partial charge in [0.15, 0.2) is 0 Å². The van der Waals surface area contributed by atoms with Gasteiger partial charge in [0, 0.05) is 17.6 Å². The summed E-state index contributed by atoms with van der Waals surface area (Å²) in [4.78, 5) is 0. The zero-order chi connectivity index (χ0) is 14.4. The number of rotatable bonds is 5. The zero-order valence-electron chi connectivity index (χ0n) is 11.4. The van der Waals surface area contributed by atoms with Crippen LogP contribution in [0.25, 0.3) is 0 Å². The van der Waals surface area contributed by atoms with Crippen LogP contribution < -0.4 is 5.32 Å². The fourth-order valence-electron chi connectivity index (χ4n) is 2.11. The number of nitrogens with zero attached hydrogens (tertiary/aromatic N) is 1. The summed E-state index contributed by atoms with van der Waals surface area (Å²) in [6.45, 7) is 2.69. The van der Waals surface area contributed by atoms with E-state index in [2.05, 4.69) is 18.3 Å². The maximum atomic E-state index is 9.30. The van der Waals surface area contributed by atoms with Gasteiger partial charge in [-0.1, -0.05) is 54.1 Å². The van der Waals surface area contributed by atoms with Gasteiger partial charge in [-0.25, -0.2) is 0 Å². The lowest BCUT2D eigenvalue weighted by atomic mass is 10.00. The maximum Gasteiger partial charge on any atom is 0.0837 e. The molecule has 2 aromatic carbocycles. The fourth-order valence-corrected chi connectivity index (χ4v) is 2.31. The van der Waals surface area contributed by atoms with Gasteiger partial charge in [0.1, 0.15) is 0 Å². The highest BCUT2D eigenvalue weighted by Gasteiger charge is 2.12. The number of nitriles is 1. The van der Waals surface area contributed by atoms with E-state index in [0.717, 1.165) is 16.1 Å². The molecular weight excluding hydrogens is 268 g/mol. The lowest BCUT2D eigenvalue weighted by molar-refractivity contribution is 0.558. The highest BCUT2D eigenvalue weighted by molar-refractivity contribution is 6.30. The molecule has 0 aliphatic heterocycles. The van der Waals surface area contributed by atoms with E-state index >= 15 is 0 Å². The number of halogens is 1. The van der Waals surface area contributed by atoms with Crippen LogP contribution in [0.1, 0.15) is 30.0 Å². The Kier molecular flexibility index (Phi) is 5.17. The van der Waals surface area contributed by atoms with E-state index in [1.807, 2.05) is 54.6 Å². The summed E-state index contributed by atoms with van der Waals surface area (Å²) in [6.07, 6.45) is 0. The predicted octanol–water partition coefficient (Wildman–Crippen LogP) is 4.30. The van der Waals surface area contributed by atoms with Gasteiger partial charge in [-0.3, -0.25) is 0 Å². The summed E-state index contributed by atoms with van der Waals surface area (Å²) in [6, 6.07) is 20.1. The van der Waals surface area contributed by atoms with Crippen LogP contribution in [-0.2, 0) is 0 Å². The predicted molar refractivity (Wildman–Crippen MR) is 82.7 cm³/mol. The van der Waals surface area contributed by atoms with E-state index in [4.69, 9.17) is 11.6 Å². The molecule has 0 saturated carbocycles. The molecule has 0 amide bonds. The SMILES string of the molecule is CC(NCC(C#N)c1ccccc1)c1cccc(Cl)c1. The summed E-state index contributed by atoms with van der Waals surface area (Å²) < 4.78 is 0. The number of hydrogen-bond donors (Lipinski definition) is 1. The van der Waals surface area contributed by atoms with E-state index in [1.54, 1.807) is 0 Å². The molecule has 0 aliphatic carbocycles. The standard InChI is InChI=1S/C17H17ClN2/c1-13(15-8-5-9-17(18)10-15)20-12-16(11-19)14-6-3-2-4-7-14/h2-10,13,16,20H,12H2,1H3. The van der Waals surface area contributed by atoms with Crippen molar-refractivity contribution in [2.45, 2.75) is 18.9 Å². The molecule has 2 rings (SSSR count). The first-order chi connectivity index (χ1) is 9.70. The molecule has 2 atom stereocenters. The third-order valence-corrected chi connectivity index (χ3v) is 3.57. The fraction of sp³-hybridized carbons (Fsp3) is 0.235. The first kappa shape index (κ1) is 14.6. The van der Waals surface area contributed by atoms with E-state index in [1.165, 1.54) is 0 Å². The van der Waals surface area contributed by atoms with Crippen LogP contribution in [-0.4, -0.2) is 6.54 Å². The first-order valence-electron chi connectivity index (χ1n) is 6.64. The molecule has 1 N–H and O–H groups in total. The van der Waals surface area contributed by atoms with Crippen LogP contribution in [0.2, 0.25) is 5.02 Å². The van der Waals surface area contributed by atoms with Gasteiger partial charge >= 0.3 is 0 Å². The maximum absolute atomic E-state index is 9.30. The third-order valence-electron chi connectivity index (χ3n) is 3.33. The Hall–Kier alpha value is -1.82. The Labute approximate surface area is 125 Å². The lowest BCUT2D eigenvalue weighted by Gasteiger charge is -2.17. The molecule has 2 nitrogen and oxygen atoms in total. The molecule has 2 aromatic rings. The molecular formula is C17H17ClN2. The van der Waals surface area contributed by atoms with Gasteiger partial charge in [-0.2, -0.15) is 5.26 Å². The summed E-state index contributed by atoms with van der Waals surface area (Å²) in [7, 11) is 0. The highest BCUT2D eigenvalue weighted by atomic mass is 35.5. The Bertz CT molecular complexity index is 589. The molecule has 0 aromatic heterocycles. The molecule has 102 valence electrons. The van der Waals surface area contributed by atoms with Crippen LogP contribution in [0.4, 0.5) is 0 Å². The lowest BCUT2D eigenvalue weighted by Crippen LogP contribution is -2.24. The second-order valence-electron chi connectivity index (χ2n) is 4.78. The van der Waals surface area contributed by atoms with E-state index in [9.17, 15) is 5.26 Å². The van der Waals surface area contributed by atoms with Crippen molar-refractivity contribution in [3.05, 3.63) is 70.7 Å². The molecule has 0 saturated heterocycles. The van der Waals surface area contributed by atoms with Crippen molar-refractivity contribution >= 4 is 11.6 Å². The molecule has 3 heteroatoms. The second kappa shape index (κ2) is 7.09. The van der Waals surface area contributed by atoms with Crippen LogP contribution in [0.5, 0.6) is 0 Å². The van der Waals surface area contributed by atoms with E-state index in [0.29, 0.717) is 6.54 Å². The molecule has 2 unspecified atom stereocenters. The summed E-state index contributed by atoms with van der Waals surface area (Å²) >= 11 is 5.99. The Morgan fingerprint density at radius 2 is 1.80 bits per heavy atom. The molecule has 0 radical (unpaired) electrons. The minimum Gasteiger partial charge on any atom is -0.309 e. The van der Waals surface area contributed by atoms with Crippen molar-refractivity contribution in [3.63, 3.8) is 0 Å². The molecule has 0 fully saturated rings. The monoisotopic (exact) mass is 284 g/mol. The van der Waals surface area contributed by atoms with Gasteiger partial charge in [0.2, 0.25) is 0 Å². The average Bonchev–Trinajstić information content (AvgIpc) is 2.49. The van der Waals surface area contributed by atoms with Crippen molar-refractivity contribution in [2.75, 3.05) is 6.54 Å². The van der Waals surface area contributed by atoms with Crippen molar-refractivity contribution in [3.8, 4) is 6.07 Å². The van der Waals surface area contributed by atoms with E-state index < -0.39 is 0 Å². The van der Waals surface area contributed by atoms with Gasteiger partial charge in [0.05, 0.1) is 12.0 Å². The van der Waals surface area contributed by atoms with Crippen molar-refractivity contribution in [1.29, 1.82) is 5.26 Å². The van der Waals surface area contributed by atoms with Crippen LogP contribution >= 0.6 is 11.6 Å². The topological polar surface area (TPSA) is 35.8 Å². The van der Waals surface area contributed by atoms with Crippen molar-refractivity contribution in [2.24, 2.45) is 0 Å². The Balaban J connectivity index is 1.99. The first-order valence-corrected chi connectivity index (χ1v) is 7.02. The molecule has 20 heavy (non-hydrogen) atoms. The Morgan fingerprint density at radius 3 is 2.45 bits per heavy atom. The van der Waals surface area contributed by atoms with Crippen molar-refractivity contribution < 1.29 is 0 Å². The molecule has 0 aliphatic rings. The quantitative estimate of drug-likeness (QED) is 0.889. The molecule has 0 heterocycles. The summed E-state index contributed by atoms with van der Waals surface area (Å²) in [5.41, 5.74) is 2.17. The third kappa shape index (κ3) is 3.84. The van der Waals surface area contributed by atoms with Crippen LogP contribution in [0.3, 0.4) is 0 Å². The van der Waals surface area contributed by atoms with E-state index in [-0.39, 0.29) is 12.0 Å². The minimum absolute atomic E-state index is 0.141. The molecule has 0 spiro atoms. The van der Waals surface area contributed by atoms with Gasteiger partial charge in [-0.05, 0) is 30.2 Å². The Morgan fingerprint density at radius 1 is 1.10 bits per heavy atom. The minimum atomic E-state index is -0.141. The van der Waals surface area contributed by atoms with Crippen molar-refractivity contribution in [1.82, 2.24) is 5.32 Å². The average molecular weight is 285 g/mol. The number of benzene rings is 2. The number of nitrogens with one attached hydrogen (secondary N) is 1. The van der Waals surface area contributed by atoms with Gasteiger partial charge < -0.3 is 5.32 Å². The normalized spacial score (nSPS) is 13.4. The number of hydrogen-bond acceptors (Lipinski definition) is 2. The van der Waals surface area contributed by atoms with Gasteiger partial charge in [0.25, 0.3) is 0 Å². The zero-order valence-corrected chi connectivity index (χ0v) is 12.1. The summed E-state index contributed by atoms with van der Waals surface area (Å²) in [5.74, 6) is -0.141. The largest absolute Gasteiger partial charge is 0.309 e. The smallest absolute Gasteiger partial charge is 0.0837 e. The summed E-state index contributed by atoms with van der Waals surface area (Å²) in [5, 5.41) is 13.4. The second-order valence-corrected chi connectivity index (χ2v) is 5.21. The highest BCUT2D eigenvalue weighted by Crippen LogP contribution is 2.19.